The van der Waals surface area contributed by atoms with E-state index < -0.39 is 0 Å². The van der Waals surface area contributed by atoms with Crippen LogP contribution in [0.5, 0.6) is 0 Å². The van der Waals surface area contributed by atoms with E-state index in [1.54, 1.807) is 0 Å². The summed E-state index contributed by atoms with van der Waals surface area (Å²) < 4.78 is 2.23. The van der Waals surface area contributed by atoms with Gasteiger partial charge in [-0.25, -0.2) is 0 Å². The van der Waals surface area contributed by atoms with Crippen LogP contribution >= 0.6 is 0 Å². The highest BCUT2D eigenvalue weighted by Crippen LogP contribution is 2.28. The number of benzene rings is 1. The topological polar surface area (TPSA) is 49.0 Å². The molecule has 1 aromatic heterocycles. The van der Waals surface area contributed by atoms with Gasteiger partial charge in [-0.3, -0.25) is 9.69 Å². The predicted octanol–water partition coefficient (Wildman–Crippen LogP) is 6.23. The van der Waals surface area contributed by atoms with Crippen LogP contribution in [0.1, 0.15) is 93.0 Å². The van der Waals surface area contributed by atoms with E-state index in [-0.39, 0.29) is 5.78 Å². The highest BCUT2D eigenvalue weighted by atomic mass is 16.1. The summed E-state index contributed by atoms with van der Waals surface area (Å²) in [4.78, 5) is 15.8. The lowest BCUT2D eigenvalue weighted by atomic mass is 10.1. The van der Waals surface area contributed by atoms with Gasteiger partial charge in [-0.05, 0) is 76.3 Å². The first-order valence-electron chi connectivity index (χ1n) is 12.0. The number of carbonyl (C=O) groups excluding carboxylic acids is 1. The summed E-state index contributed by atoms with van der Waals surface area (Å²) in [6.07, 6.45) is 9.23. The number of rotatable bonds is 10. The lowest BCUT2D eigenvalue weighted by molar-refractivity contribution is 0.0888. The van der Waals surface area contributed by atoms with Gasteiger partial charge in [0.1, 0.15) is 0 Å². The second kappa shape index (κ2) is 10.8. The summed E-state index contributed by atoms with van der Waals surface area (Å²) in [6.45, 7) is 9.26. The fourth-order valence-corrected chi connectivity index (χ4v) is 5.01. The number of unbranched alkanes of at least 4 members (excludes halogenated alkanes) is 3. The van der Waals surface area contributed by atoms with E-state index in [0.717, 1.165) is 36.2 Å². The fourth-order valence-electron chi connectivity index (χ4n) is 5.01. The summed E-state index contributed by atoms with van der Waals surface area (Å²) in [5.41, 5.74) is 4.75. The highest BCUT2D eigenvalue weighted by molar-refractivity contribution is 5.99. The summed E-state index contributed by atoms with van der Waals surface area (Å²) in [5.74, 6) is 0.229. The van der Waals surface area contributed by atoms with E-state index >= 15 is 0 Å². The number of carbonyl (C=O) groups is 1. The predicted molar refractivity (Wildman–Crippen MR) is 127 cm³/mol. The number of ketones is 1. The van der Waals surface area contributed by atoms with E-state index in [0.29, 0.717) is 24.2 Å². The zero-order chi connectivity index (χ0) is 22.4. The minimum Gasteiger partial charge on any atom is -0.317 e. The van der Waals surface area contributed by atoms with Gasteiger partial charge in [0, 0.05) is 34.7 Å². The third-order valence-corrected chi connectivity index (χ3v) is 6.92. The molecule has 2 heterocycles. The largest absolute Gasteiger partial charge is 0.317 e. The van der Waals surface area contributed by atoms with Gasteiger partial charge >= 0.3 is 0 Å². The Kier molecular flexibility index (Phi) is 8.09. The number of aromatic nitrogens is 1. The van der Waals surface area contributed by atoms with Crippen molar-refractivity contribution in [2.24, 2.45) is 0 Å². The number of aryl methyl sites for hydroxylation is 1. The van der Waals surface area contributed by atoms with Crippen LogP contribution < -0.4 is 0 Å². The van der Waals surface area contributed by atoms with Gasteiger partial charge in [0.05, 0.1) is 18.2 Å². The molecule has 1 saturated heterocycles. The molecule has 166 valence electrons. The lowest BCUT2D eigenvalue weighted by Crippen LogP contribution is -2.38. The van der Waals surface area contributed by atoms with Crippen LogP contribution in [0.2, 0.25) is 0 Å². The molecule has 0 bridgehead atoms. The van der Waals surface area contributed by atoms with Gasteiger partial charge in [0.2, 0.25) is 0 Å². The van der Waals surface area contributed by atoms with Crippen molar-refractivity contribution in [3.8, 4) is 11.8 Å². The van der Waals surface area contributed by atoms with E-state index in [2.05, 4.69) is 49.3 Å². The standard InChI is InChI=1S/C27H37N3O/c1-5-7-8-9-10-25-17-26(27(31)19-29-20(3)11-14-23(29)6-2)21(4)30(25)24-15-12-22(18-28)13-16-24/h12-13,15-17,20,23H,5-11,14,19H2,1-4H3. The molecule has 0 aliphatic carbocycles. The average Bonchev–Trinajstić information content (AvgIpc) is 3.30. The van der Waals surface area contributed by atoms with Crippen molar-refractivity contribution in [2.45, 2.75) is 91.1 Å². The molecule has 1 aliphatic rings. The van der Waals surface area contributed by atoms with Crippen LogP contribution in [0, 0.1) is 18.3 Å². The van der Waals surface area contributed by atoms with Gasteiger partial charge in [0.25, 0.3) is 0 Å². The molecule has 0 radical (unpaired) electrons. The molecular weight excluding hydrogens is 382 g/mol. The molecule has 0 amide bonds. The number of nitrogens with zero attached hydrogens (tertiary/aromatic N) is 3. The lowest BCUT2D eigenvalue weighted by Gasteiger charge is -2.26. The van der Waals surface area contributed by atoms with Crippen LogP contribution in [0.15, 0.2) is 30.3 Å². The SMILES string of the molecule is CCCCCCc1cc(C(=O)CN2C(C)CCC2CC)c(C)n1-c1ccc(C#N)cc1. The summed E-state index contributed by atoms with van der Waals surface area (Å²) in [6, 6.07) is 13.0. The van der Waals surface area contributed by atoms with Crippen molar-refractivity contribution >= 4 is 5.78 Å². The van der Waals surface area contributed by atoms with Crippen molar-refractivity contribution in [3.05, 3.63) is 52.8 Å². The fraction of sp³-hybridized carbons (Fsp3) is 0.556. The number of hydrogen-bond acceptors (Lipinski definition) is 3. The monoisotopic (exact) mass is 419 g/mol. The second-order valence-electron chi connectivity index (χ2n) is 9.02. The Morgan fingerprint density at radius 1 is 1.13 bits per heavy atom. The molecule has 0 N–H and O–H groups in total. The molecule has 1 fully saturated rings. The Morgan fingerprint density at radius 2 is 1.87 bits per heavy atom. The first-order chi connectivity index (χ1) is 15.0. The van der Waals surface area contributed by atoms with Crippen molar-refractivity contribution < 1.29 is 4.79 Å². The molecule has 4 nitrogen and oxygen atoms in total. The van der Waals surface area contributed by atoms with Crippen LogP contribution in [-0.2, 0) is 6.42 Å². The molecule has 0 spiro atoms. The Hall–Kier alpha value is -2.38. The molecular formula is C27H37N3O. The zero-order valence-electron chi connectivity index (χ0n) is 19.7. The Bertz CT molecular complexity index is 919. The van der Waals surface area contributed by atoms with Gasteiger partial charge in [0.15, 0.2) is 5.78 Å². The van der Waals surface area contributed by atoms with Crippen LogP contribution in [0.4, 0.5) is 0 Å². The summed E-state index contributed by atoms with van der Waals surface area (Å²) in [7, 11) is 0. The van der Waals surface area contributed by atoms with Gasteiger partial charge in [-0.1, -0.05) is 33.1 Å². The first kappa shape index (κ1) is 23.3. The first-order valence-corrected chi connectivity index (χ1v) is 12.0. The third kappa shape index (κ3) is 5.28. The molecule has 2 aromatic rings. The molecule has 0 saturated carbocycles. The normalized spacial score (nSPS) is 18.9. The van der Waals surface area contributed by atoms with E-state index in [1.165, 1.54) is 37.8 Å². The highest BCUT2D eigenvalue weighted by Gasteiger charge is 2.31. The average molecular weight is 420 g/mol. The van der Waals surface area contributed by atoms with Crippen LogP contribution in [0.25, 0.3) is 5.69 Å². The number of Topliss-reactive ketones (excluding diaryl/α,β-unsaturated/α-hetero) is 1. The number of hydrogen-bond donors (Lipinski definition) is 0. The van der Waals surface area contributed by atoms with Gasteiger partial charge in [-0.2, -0.15) is 5.26 Å². The maximum atomic E-state index is 13.4. The molecule has 2 atom stereocenters. The van der Waals surface area contributed by atoms with E-state index in [9.17, 15) is 4.79 Å². The van der Waals surface area contributed by atoms with E-state index in [4.69, 9.17) is 5.26 Å². The van der Waals surface area contributed by atoms with Crippen molar-refractivity contribution in [3.63, 3.8) is 0 Å². The molecule has 2 unspecified atom stereocenters. The molecule has 31 heavy (non-hydrogen) atoms. The summed E-state index contributed by atoms with van der Waals surface area (Å²) in [5, 5.41) is 9.14. The second-order valence-corrected chi connectivity index (χ2v) is 9.02. The smallest absolute Gasteiger partial charge is 0.178 e. The molecule has 1 aromatic carbocycles. The maximum Gasteiger partial charge on any atom is 0.178 e. The van der Waals surface area contributed by atoms with Gasteiger partial charge < -0.3 is 4.57 Å². The van der Waals surface area contributed by atoms with E-state index in [1.807, 2.05) is 24.3 Å². The minimum atomic E-state index is 0.229. The maximum absolute atomic E-state index is 13.4. The minimum absolute atomic E-state index is 0.229. The quantitative estimate of drug-likeness (QED) is 0.339. The Labute approximate surface area is 187 Å². The Balaban J connectivity index is 1.90. The Morgan fingerprint density at radius 3 is 2.52 bits per heavy atom. The number of nitriles is 1. The van der Waals surface area contributed by atoms with Crippen molar-refractivity contribution in [1.29, 1.82) is 5.26 Å². The van der Waals surface area contributed by atoms with Gasteiger partial charge in [-0.15, -0.1) is 0 Å². The van der Waals surface area contributed by atoms with Crippen molar-refractivity contribution in [1.82, 2.24) is 9.47 Å². The number of likely N-dealkylation sites (tertiary alicyclic amines) is 1. The summed E-state index contributed by atoms with van der Waals surface area (Å²) >= 11 is 0. The molecule has 1 aliphatic heterocycles. The third-order valence-electron chi connectivity index (χ3n) is 6.92. The zero-order valence-corrected chi connectivity index (χ0v) is 19.7. The molecule has 3 rings (SSSR count). The molecule has 4 heteroatoms. The van der Waals surface area contributed by atoms with Crippen LogP contribution in [-0.4, -0.2) is 33.9 Å². The van der Waals surface area contributed by atoms with Crippen molar-refractivity contribution in [2.75, 3.05) is 6.54 Å². The van der Waals surface area contributed by atoms with Crippen LogP contribution in [0.3, 0.4) is 0 Å².